The SMILES string of the molecule is COc1cc2oc(=O)cc(CC(C=O)C(C)C)c2cc1Cl. The van der Waals surface area contributed by atoms with E-state index in [1.165, 1.54) is 13.2 Å². The van der Waals surface area contributed by atoms with E-state index in [4.69, 9.17) is 20.8 Å². The molecule has 4 nitrogen and oxygen atoms in total. The Morgan fingerprint density at radius 2 is 2.05 bits per heavy atom. The van der Waals surface area contributed by atoms with Crippen LogP contribution in [0.25, 0.3) is 11.0 Å². The highest BCUT2D eigenvalue weighted by atomic mass is 35.5. The molecule has 0 amide bonds. The molecular weight excluding hydrogens is 292 g/mol. The molecule has 0 radical (unpaired) electrons. The minimum atomic E-state index is -0.449. The van der Waals surface area contributed by atoms with E-state index >= 15 is 0 Å². The molecule has 1 atom stereocenters. The van der Waals surface area contributed by atoms with Crippen molar-refractivity contribution in [1.29, 1.82) is 0 Å². The van der Waals surface area contributed by atoms with Crippen molar-refractivity contribution in [3.05, 3.63) is 39.2 Å². The van der Waals surface area contributed by atoms with E-state index in [0.29, 0.717) is 22.8 Å². The van der Waals surface area contributed by atoms with Gasteiger partial charge in [0.15, 0.2) is 0 Å². The zero-order valence-electron chi connectivity index (χ0n) is 12.2. The Bertz CT molecular complexity index is 718. The monoisotopic (exact) mass is 308 g/mol. The lowest BCUT2D eigenvalue weighted by Crippen LogP contribution is -2.15. The summed E-state index contributed by atoms with van der Waals surface area (Å²) in [5.74, 6) is 0.481. The first kappa shape index (κ1) is 15.6. The summed E-state index contributed by atoms with van der Waals surface area (Å²) in [7, 11) is 1.50. The van der Waals surface area contributed by atoms with Gasteiger partial charge in [-0.25, -0.2) is 4.79 Å². The van der Waals surface area contributed by atoms with Crippen LogP contribution in [0.1, 0.15) is 19.4 Å². The molecule has 21 heavy (non-hydrogen) atoms. The van der Waals surface area contributed by atoms with Crippen LogP contribution in [0.2, 0.25) is 5.02 Å². The van der Waals surface area contributed by atoms with Gasteiger partial charge in [-0.15, -0.1) is 0 Å². The lowest BCUT2D eigenvalue weighted by Gasteiger charge is -2.15. The molecule has 1 unspecified atom stereocenters. The standard InChI is InChI=1S/C16H17ClO4/c1-9(2)11(8-18)4-10-5-16(19)21-14-7-15(20-3)13(17)6-12(10)14/h5-9,11H,4H2,1-3H3. The van der Waals surface area contributed by atoms with Crippen molar-refractivity contribution in [2.45, 2.75) is 20.3 Å². The number of ether oxygens (including phenoxy) is 1. The largest absolute Gasteiger partial charge is 0.495 e. The van der Waals surface area contributed by atoms with Gasteiger partial charge in [-0.3, -0.25) is 0 Å². The third kappa shape index (κ3) is 3.27. The highest BCUT2D eigenvalue weighted by Crippen LogP contribution is 2.32. The van der Waals surface area contributed by atoms with Crippen LogP contribution in [0.5, 0.6) is 5.75 Å². The van der Waals surface area contributed by atoms with Gasteiger partial charge >= 0.3 is 5.63 Å². The lowest BCUT2D eigenvalue weighted by atomic mass is 9.89. The molecule has 0 N–H and O–H groups in total. The maximum absolute atomic E-state index is 11.7. The van der Waals surface area contributed by atoms with Crippen LogP contribution in [0.4, 0.5) is 0 Å². The van der Waals surface area contributed by atoms with Crippen molar-refractivity contribution in [3.63, 3.8) is 0 Å². The zero-order valence-corrected chi connectivity index (χ0v) is 12.9. The Kier molecular flexibility index (Phi) is 4.68. The molecule has 0 spiro atoms. The number of carbonyl (C=O) groups excluding carboxylic acids is 1. The molecule has 0 bridgehead atoms. The molecule has 1 heterocycles. The Morgan fingerprint density at radius 3 is 2.62 bits per heavy atom. The molecule has 2 aromatic rings. The van der Waals surface area contributed by atoms with Gasteiger partial charge in [0.1, 0.15) is 17.6 Å². The predicted octanol–water partition coefficient (Wildman–Crippen LogP) is 3.47. The Balaban J connectivity index is 2.60. The van der Waals surface area contributed by atoms with E-state index in [-0.39, 0.29) is 11.8 Å². The van der Waals surface area contributed by atoms with Crippen molar-refractivity contribution in [3.8, 4) is 5.75 Å². The summed E-state index contributed by atoms with van der Waals surface area (Å²) >= 11 is 6.13. The molecule has 112 valence electrons. The average molecular weight is 309 g/mol. The van der Waals surface area contributed by atoms with Crippen LogP contribution in [0.3, 0.4) is 0 Å². The Hall–Kier alpha value is -1.81. The van der Waals surface area contributed by atoms with E-state index in [1.807, 2.05) is 13.8 Å². The number of hydrogen-bond acceptors (Lipinski definition) is 4. The fourth-order valence-electron chi connectivity index (χ4n) is 2.25. The lowest BCUT2D eigenvalue weighted by molar-refractivity contribution is -0.112. The molecule has 0 aliphatic heterocycles. The summed E-state index contributed by atoms with van der Waals surface area (Å²) in [6.45, 7) is 3.95. The predicted molar refractivity (Wildman–Crippen MR) is 82.1 cm³/mol. The minimum absolute atomic E-state index is 0.157. The van der Waals surface area contributed by atoms with Gasteiger partial charge in [-0.05, 0) is 24.0 Å². The van der Waals surface area contributed by atoms with Crippen LogP contribution in [0.15, 0.2) is 27.4 Å². The summed E-state index contributed by atoms with van der Waals surface area (Å²) in [5, 5.41) is 1.17. The molecular formula is C16H17ClO4. The van der Waals surface area contributed by atoms with Crippen molar-refractivity contribution >= 4 is 28.9 Å². The number of hydrogen-bond donors (Lipinski definition) is 0. The molecule has 0 saturated heterocycles. The van der Waals surface area contributed by atoms with Crippen molar-refractivity contribution in [1.82, 2.24) is 0 Å². The first-order chi connectivity index (χ1) is 9.96. The number of methoxy groups -OCH3 is 1. The first-order valence-electron chi connectivity index (χ1n) is 6.71. The van der Waals surface area contributed by atoms with Crippen LogP contribution in [-0.2, 0) is 11.2 Å². The van der Waals surface area contributed by atoms with Crippen LogP contribution >= 0.6 is 11.6 Å². The van der Waals surface area contributed by atoms with Gasteiger partial charge in [0.2, 0.25) is 0 Å². The molecule has 0 aliphatic carbocycles. The topological polar surface area (TPSA) is 56.5 Å². The second kappa shape index (κ2) is 6.31. The molecule has 1 aromatic heterocycles. The average Bonchev–Trinajstić information content (AvgIpc) is 2.44. The fourth-order valence-corrected chi connectivity index (χ4v) is 2.49. The van der Waals surface area contributed by atoms with Crippen LogP contribution < -0.4 is 10.4 Å². The van der Waals surface area contributed by atoms with E-state index in [1.54, 1.807) is 12.1 Å². The number of rotatable bonds is 5. The fraction of sp³-hybridized carbons (Fsp3) is 0.375. The molecule has 1 aromatic carbocycles. The summed E-state index contributed by atoms with van der Waals surface area (Å²) in [5.41, 5.74) is 0.721. The van der Waals surface area contributed by atoms with E-state index in [9.17, 15) is 9.59 Å². The molecule has 5 heteroatoms. The minimum Gasteiger partial charge on any atom is -0.495 e. The van der Waals surface area contributed by atoms with Crippen molar-refractivity contribution < 1.29 is 13.9 Å². The smallest absolute Gasteiger partial charge is 0.336 e. The van der Waals surface area contributed by atoms with Gasteiger partial charge in [0.05, 0.1) is 12.1 Å². The molecule has 0 fully saturated rings. The maximum atomic E-state index is 11.7. The normalized spacial score (nSPS) is 12.6. The number of aldehydes is 1. The Labute approximate surface area is 127 Å². The van der Waals surface area contributed by atoms with Crippen molar-refractivity contribution in [2.24, 2.45) is 11.8 Å². The second-order valence-corrected chi connectivity index (χ2v) is 5.73. The summed E-state index contributed by atoms with van der Waals surface area (Å²) in [6.07, 6.45) is 1.40. The summed E-state index contributed by atoms with van der Waals surface area (Å²) in [4.78, 5) is 22.9. The van der Waals surface area contributed by atoms with Gasteiger partial charge in [-0.2, -0.15) is 0 Å². The second-order valence-electron chi connectivity index (χ2n) is 5.32. The van der Waals surface area contributed by atoms with Gasteiger partial charge < -0.3 is 13.9 Å². The zero-order chi connectivity index (χ0) is 15.6. The summed E-state index contributed by atoms with van der Waals surface area (Å²) in [6, 6.07) is 4.72. The Morgan fingerprint density at radius 1 is 1.33 bits per heavy atom. The van der Waals surface area contributed by atoms with E-state index < -0.39 is 5.63 Å². The highest BCUT2D eigenvalue weighted by molar-refractivity contribution is 6.32. The third-order valence-corrected chi connectivity index (χ3v) is 3.88. The first-order valence-corrected chi connectivity index (χ1v) is 7.09. The van der Waals surface area contributed by atoms with Gasteiger partial charge in [-0.1, -0.05) is 25.4 Å². The highest BCUT2D eigenvalue weighted by Gasteiger charge is 2.17. The number of carbonyl (C=O) groups is 1. The van der Waals surface area contributed by atoms with E-state index in [2.05, 4.69) is 0 Å². The summed E-state index contributed by atoms with van der Waals surface area (Å²) < 4.78 is 10.3. The maximum Gasteiger partial charge on any atom is 0.336 e. The van der Waals surface area contributed by atoms with E-state index in [0.717, 1.165) is 17.2 Å². The van der Waals surface area contributed by atoms with Crippen LogP contribution in [-0.4, -0.2) is 13.4 Å². The third-order valence-electron chi connectivity index (χ3n) is 3.59. The van der Waals surface area contributed by atoms with Crippen LogP contribution in [0, 0.1) is 11.8 Å². The molecule has 0 saturated carbocycles. The van der Waals surface area contributed by atoms with Crippen molar-refractivity contribution in [2.75, 3.05) is 7.11 Å². The number of halogens is 1. The number of benzene rings is 1. The molecule has 0 aliphatic rings. The number of fused-ring (bicyclic) bond motifs is 1. The van der Waals surface area contributed by atoms with Gasteiger partial charge in [0.25, 0.3) is 0 Å². The molecule has 2 rings (SSSR count). The van der Waals surface area contributed by atoms with Gasteiger partial charge in [0, 0.05) is 23.4 Å². The quantitative estimate of drug-likeness (QED) is 0.627.